The third-order valence-corrected chi connectivity index (χ3v) is 4.01. The Morgan fingerprint density at radius 2 is 1.91 bits per heavy atom. The molecule has 0 radical (unpaired) electrons. The lowest BCUT2D eigenvalue weighted by atomic mass is 10.1. The van der Waals surface area contributed by atoms with Crippen LogP contribution in [0.4, 0.5) is 5.82 Å². The number of piperidine rings is 1. The average molecular weight is 319 g/mol. The molecule has 0 saturated carbocycles. The van der Waals surface area contributed by atoms with Gasteiger partial charge >= 0.3 is 0 Å². The fraction of sp³-hybridized carbons (Fsp3) is 0.438. The second-order valence-corrected chi connectivity index (χ2v) is 5.98. The van der Waals surface area contributed by atoms with Crippen molar-refractivity contribution in [2.75, 3.05) is 18.0 Å². The van der Waals surface area contributed by atoms with Gasteiger partial charge in [-0.2, -0.15) is 0 Å². The van der Waals surface area contributed by atoms with E-state index in [9.17, 15) is 0 Å². The third kappa shape index (κ3) is 3.47. The molecule has 1 aliphatic heterocycles. The van der Waals surface area contributed by atoms with Crippen LogP contribution in [-0.2, 0) is 0 Å². The van der Waals surface area contributed by atoms with Crippen molar-refractivity contribution in [3.05, 3.63) is 40.9 Å². The van der Waals surface area contributed by atoms with Crippen LogP contribution in [0.1, 0.15) is 24.2 Å². The maximum absolute atomic E-state index is 6.03. The highest BCUT2D eigenvalue weighted by atomic mass is 35.5. The molecular weight excluding hydrogens is 300 g/mol. The van der Waals surface area contributed by atoms with E-state index >= 15 is 0 Å². The zero-order chi connectivity index (χ0) is 15.5. The molecule has 2 aromatic heterocycles. The van der Waals surface area contributed by atoms with Crippen LogP contribution in [0.25, 0.3) is 0 Å². The van der Waals surface area contributed by atoms with E-state index in [-0.39, 0.29) is 6.10 Å². The molecule has 0 aliphatic carbocycles. The second kappa shape index (κ2) is 6.48. The summed E-state index contributed by atoms with van der Waals surface area (Å²) < 4.78 is 6.03. The average Bonchev–Trinajstić information content (AvgIpc) is 2.53. The minimum Gasteiger partial charge on any atom is -0.473 e. The molecule has 0 amide bonds. The number of halogens is 1. The van der Waals surface area contributed by atoms with Crippen molar-refractivity contribution in [2.45, 2.75) is 32.8 Å². The monoisotopic (exact) mass is 318 g/mol. The van der Waals surface area contributed by atoms with E-state index in [2.05, 4.69) is 19.9 Å². The summed E-state index contributed by atoms with van der Waals surface area (Å²) in [6.07, 6.45) is 5.51. The van der Waals surface area contributed by atoms with Crippen molar-refractivity contribution >= 4 is 17.4 Å². The summed E-state index contributed by atoms with van der Waals surface area (Å²) in [4.78, 5) is 15.3. The van der Waals surface area contributed by atoms with Crippen molar-refractivity contribution in [3.63, 3.8) is 0 Å². The van der Waals surface area contributed by atoms with Gasteiger partial charge in [-0.25, -0.2) is 9.97 Å². The highest BCUT2D eigenvalue weighted by Crippen LogP contribution is 2.23. The molecular formula is C16H19ClN4O. The van der Waals surface area contributed by atoms with Crippen molar-refractivity contribution < 1.29 is 4.74 Å². The lowest BCUT2D eigenvalue weighted by Crippen LogP contribution is -2.38. The van der Waals surface area contributed by atoms with Crippen LogP contribution < -0.4 is 9.64 Å². The quantitative estimate of drug-likeness (QED) is 0.870. The summed E-state index contributed by atoms with van der Waals surface area (Å²) in [5.41, 5.74) is 1.72. The number of aryl methyl sites for hydroxylation is 2. The van der Waals surface area contributed by atoms with Gasteiger partial charge in [0.15, 0.2) is 0 Å². The van der Waals surface area contributed by atoms with Crippen LogP contribution in [0.3, 0.4) is 0 Å². The van der Waals surface area contributed by atoms with Crippen LogP contribution in [0.2, 0.25) is 5.02 Å². The van der Waals surface area contributed by atoms with Gasteiger partial charge < -0.3 is 9.64 Å². The molecule has 0 atom stereocenters. The first-order chi connectivity index (χ1) is 10.6. The predicted octanol–water partition coefficient (Wildman–Crippen LogP) is 3.19. The van der Waals surface area contributed by atoms with Gasteiger partial charge in [0, 0.05) is 38.3 Å². The highest BCUT2D eigenvalue weighted by molar-refractivity contribution is 6.30. The lowest BCUT2D eigenvalue weighted by Gasteiger charge is -2.32. The van der Waals surface area contributed by atoms with Crippen molar-refractivity contribution in [1.29, 1.82) is 0 Å². The Balaban J connectivity index is 1.60. The van der Waals surface area contributed by atoms with Crippen LogP contribution in [0.5, 0.6) is 5.88 Å². The molecule has 1 saturated heterocycles. The van der Waals surface area contributed by atoms with E-state index in [1.165, 1.54) is 0 Å². The predicted molar refractivity (Wildman–Crippen MR) is 86.6 cm³/mol. The Morgan fingerprint density at radius 1 is 1.14 bits per heavy atom. The molecule has 3 heterocycles. The van der Waals surface area contributed by atoms with Gasteiger partial charge in [-0.1, -0.05) is 11.6 Å². The Hall–Kier alpha value is -1.88. The molecule has 0 spiro atoms. The van der Waals surface area contributed by atoms with Crippen molar-refractivity contribution in [3.8, 4) is 5.88 Å². The van der Waals surface area contributed by atoms with Gasteiger partial charge in [0.25, 0.3) is 0 Å². The second-order valence-electron chi connectivity index (χ2n) is 5.54. The Labute approximate surface area is 135 Å². The van der Waals surface area contributed by atoms with Crippen LogP contribution in [-0.4, -0.2) is 34.1 Å². The van der Waals surface area contributed by atoms with Gasteiger partial charge in [-0.15, -0.1) is 0 Å². The summed E-state index contributed by atoms with van der Waals surface area (Å²) in [7, 11) is 0. The first kappa shape index (κ1) is 15.0. The highest BCUT2D eigenvalue weighted by Gasteiger charge is 2.22. The molecule has 22 heavy (non-hydrogen) atoms. The van der Waals surface area contributed by atoms with E-state index in [0.717, 1.165) is 43.1 Å². The first-order valence-electron chi connectivity index (χ1n) is 7.45. The maximum Gasteiger partial charge on any atom is 0.235 e. The number of nitrogens with zero attached hydrogens (tertiary/aromatic N) is 4. The SMILES string of the molecule is Cc1cnc(C)c(OC2CCN(c3ccc(Cl)cn3)CC2)n1. The fourth-order valence-corrected chi connectivity index (χ4v) is 2.65. The topological polar surface area (TPSA) is 51.1 Å². The lowest BCUT2D eigenvalue weighted by molar-refractivity contribution is 0.161. The van der Waals surface area contributed by atoms with Gasteiger partial charge in [0.2, 0.25) is 5.88 Å². The summed E-state index contributed by atoms with van der Waals surface area (Å²) in [5.74, 6) is 1.62. The molecule has 0 N–H and O–H groups in total. The molecule has 5 nitrogen and oxygen atoms in total. The van der Waals surface area contributed by atoms with E-state index < -0.39 is 0 Å². The van der Waals surface area contributed by atoms with Crippen LogP contribution in [0, 0.1) is 13.8 Å². The van der Waals surface area contributed by atoms with E-state index in [1.54, 1.807) is 12.4 Å². The Kier molecular flexibility index (Phi) is 4.43. The largest absolute Gasteiger partial charge is 0.473 e. The zero-order valence-electron chi connectivity index (χ0n) is 12.8. The maximum atomic E-state index is 6.03. The molecule has 2 aromatic rings. The van der Waals surface area contributed by atoms with Gasteiger partial charge in [0.05, 0.1) is 16.4 Å². The minimum atomic E-state index is 0.179. The molecule has 0 unspecified atom stereocenters. The van der Waals surface area contributed by atoms with Crippen LogP contribution >= 0.6 is 11.6 Å². The van der Waals surface area contributed by atoms with Gasteiger partial charge in [0.1, 0.15) is 11.9 Å². The number of hydrogen-bond donors (Lipinski definition) is 0. The van der Waals surface area contributed by atoms with Crippen molar-refractivity contribution in [1.82, 2.24) is 15.0 Å². The van der Waals surface area contributed by atoms with Gasteiger partial charge in [-0.3, -0.25) is 4.98 Å². The van der Waals surface area contributed by atoms with E-state index in [4.69, 9.17) is 16.3 Å². The van der Waals surface area contributed by atoms with E-state index in [1.807, 2.05) is 26.0 Å². The fourth-order valence-electron chi connectivity index (χ4n) is 2.54. The Bertz CT molecular complexity index is 639. The summed E-state index contributed by atoms with van der Waals surface area (Å²) >= 11 is 5.88. The number of rotatable bonds is 3. The molecule has 0 aromatic carbocycles. The molecule has 3 rings (SSSR count). The number of anilines is 1. The molecule has 1 fully saturated rings. The van der Waals surface area contributed by atoms with Gasteiger partial charge in [-0.05, 0) is 26.0 Å². The van der Waals surface area contributed by atoms with E-state index in [0.29, 0.717) is 10.9 Å². The molecule has 1 aliphatic rings. The summed E-state index contributed by atoms with van der Waals surface area (Å²) in [6, 6.07) is 3.83. The number of ether oxygens (including phenoxy) is 1. The number of hydrogen-bond acceptors (Lipinski definition) is 5. The third-order valence-electron chi connectivity index (χ3n) is 3.79. The van der Waals surface area contributed by atoms with Crippen LogP contribution in [0.15, 0.2) is 24.5 Å². The summed E-state index contributed by atoms with van der Waals surface area (Å²) in [6.45, 7) is 5.68. The first-order valence-corrected chi connectivity index (χ1v) is 7.83. The molecule has 116 valence electrons. The minimum absolute atomic E-state index is 0.179. The molecule has 6 heteroatoms. The zero-order valence-corrected chi connectivity index (χ0v) is 13.5. The summed E-state index contributed by atoms with van der Waals surface area (Å²) in [5, 5.41) is 0.662. The standard InChI is InChI=1S/C16H19ClN4O/c1-11-9-18-12(2)16(20-11)22-14-5-7-21(8-6-14)15-4-3-13(17)10-19-15/h3-4,9-10,14H,5-8H2,1-2H3. The smallest absolute Gasteiger partial charge is 0.235 e. The normalized spacial score (nSPS) is 15.9. The van der Waals surface area contributed by atoms with Crippen molar-refractivity contribution in [2.24, 2.45) is 0 Å². The number of pyridine rings is 1. The number of aromatic nitrogens is 3. The molecule has 0 bridgehead atoms. The Morgan fingerprint density at radius 3 is 2.59 bits per heavy atom.